The maximum atomic E-state index is 5.20. The molecule has 0 amide bonds. The summed E-state index contributed by atoms with van der Waals surface area (Å²) in [5.41, 5.74) is 4.45. The van der Waals surface area contributed by atoms with Crippen molar-refractivity contribution in [3.8, 4) is 5.69 Å². The molecule has 0 saturated heterocycles. The van der Waals surface area contributed by atoms with Gasteiger partial charge in [-0.25, -0.2) is 4.68 Å². The molecular weight excluding hydrogens is 467 g/mol. The van der Waals surface area contributed by atoms with E-state index in [-0.39, 0.29) is 24.0 Å². The van der Waals surface area contributed by atoms with Crippen LogP contribution in [0.3, 0.4) is 0 Å². The Labute approximate surface area is 182 Å². The minimum Gasteiger partial charge on any atom is -0.361 e. The quantitative estimate of drug-likeness (QED) is 0.300. The molecule has 0 fully saturated rings. The Morgan fingerprint density at radius 3 is 2.39 bits per heavy atom. The molecule has 0 aliphatic rings. The maximum Gasteiger partial charge on any atom is 0.190 e. The van der Waals surface area contributed by atoms with Gasteiger partial charge in [-0.05, 0) is 50.5 Å². The second kappa shape index (κ2) is 10.8. The SMILES string of the molecule is CN=C(NCCc1ccc(-n2cccn2)cc1)NCCc1c(C)noc1C.I. The van der Waals surface area contributed by atoms with Crippen LogP contribution in [0.1, 0.15) is 22.6 Å². The van der Waals surface area contributed by atoms with Crippen molar-refractivity contribution < 1.29 is 4.52 Å². The number of hydrogen-bond donors (Lipinski definition) is 2. The van der Waals surface area contributed by atoms with Crippen LogP contribution in [0.2, 0.25) is 0 Å². The summed E-state index contributed by atoms with van der Waals surface area (Å²) < 4.78 is 7.05. The molecule has 3 rings (SSSR count). The van der Waals surface area contributed by atoms with Crippen LogP contribution in [0.25, 0.3) is 5.69 Å². The number of aryl methyl sites for hydroxylation is 2. The van der Waals surface area contributed by atoms with E-state index in [1.165, 1.54) is 5.56 Å². The third kappa shape index (κ3) is 5.82. The van der Waals surface area contributed by atoms with E-state index in [9.17, 15) is 0 Å². The van der Waals surface area contributed by atoms with E-state index in [0.29, 0.717) is 0 Å². The average Bonchev–Trinajstić information content (AvgIpc) is 3.33. The van der Waals surface area contributed by atoms with Crippen LogP contribution in [0.4, 0.5) is 0 Å². The van der Waals surface area contributed by atoms with Gasteiger partial charge in [-0.1, -0.05) is 17.3 Å². The van der Waals surface area contributed by atoms with Gasteiger partial charge in [0.05, 0.1) is 11.4 Å². The fraction of sp³-hybridized carbons (Fsp3) is 0.350. The number of halogens is 1. The predicted octanol–water partition coefficient (Wildman–Crippen LogP) is 3.05. The minimum atomic E-state index is 0. The molecule has 7 nitrogen and oxygen atoms in total. The number of guanidine groups is 1. The number of nitrogens with one attached hydrogen (secondary N) is 2. The first-order valence-electron chi connectivity index (χ1n) is 9.12. The van der Waals surface area contributed by atoms with E-state index in [4.69, 9.17) is 4.52 Å². The van der Waals surface area contributed by atoms with Crippen LogP contribution in [0, 0.1) is 13.8 Å². The zero-order valence-corrected chi connectivity index (χ0v) is 18.8. The van der Waals surface area contributed by atoms with Crippen LogP contribution in [-0.2, 0) is 12.8 Å². The van der Waals surface area contributed by atoms with E-state index in [2.05, 4.69) is 50.1 Å². The van der Waals surface area contributed by atoms with Crippen molar-refractivity contribution in [2.75, 3.05) is 20.1 Å². The highest BCUT2D eigenvalue weighted by Gasteiger charge is 2.08. The van der Waals surface area contributed by atoms with E-state index >= 15 is 0 Å². The van der Waals surface area contributed by atoms with E-state index < -0.39 is 0 Å². The summed E-state index contributed by atoms with van der Waals surface area (Å²) in [4.78, 5) is 4.27. The highest BCUT2D eigenvalue weighted by molar-refractivity contribution is 14.0. The first kappa shape index (κ1) is 21.9. The van der Waals surface area contributed by atoms with Gasteiger partial charge in [-0.3, -0.25) is 4.99 Å². The van der Waals surface area contributed by atoms with Gasteiger partial charge >= 0.3 is 0 Å². The van der Waals surface area contributed by atoms with E-state index in [0.717, 1.165) is 54.6 Å². The standard InChI is InChI=1S/C20H26N6O.HI/c1-15-19(16(2)27-25-15)10-13-23-20(21-3)22-12-9-17-5-7-18(8-6-17)26-14-4-11-24-26;/h4-8,11,14H,9-10,12-13H2,1-3H3,(H2,21,22,23);1H. The highest BCUT2D eigenvalue weighted by Crippen LogP contribution is 2.12. The fourth-order valence-corrected chi connectivity index (χ4v) is 2.95. The van der Waals surface area contributed by atoms with Crippen LogP contribution >= 0.6 is 24.0 Å². The minimum absolute atomic E-state index is 0. The zero-order chi connectivity index (χ0) is 19.1. The number of nitrogens with zero attached hydrogens (tertiary/aromatic N) is 4. The fourth-order valence-electron chi connectivity index (χ4n) is 2.95. The van der Waals surface area contributed by atoms with Crippen molar-refractivity contribution >= 4 is 29.9 Å². The molecule has 2 aromatic heterocycles. The molecule has 0 aliphatic carbocycles. The highest BCUT2D eigenvalue weighted by atomic mass is 127. The summed E-state index contributed by atoms with van der Waals surface area (Å²) in [7, 11) is 1.78. The van der Waals surface area contributed by atoms with Gasteiger partial charge in [0.2, 0.25) is 0 Å². The molecule has 0 saturated carbocycles. The Kier molecular flexibility index (Phi) is 8.49. The molecule has 0 radical (unpaired) electrons. The third-order valence-electron chi connectivity index (χ3n) is 4.48. The molecule has 0 spiro atoms. The first-order valence-corrected chi connectivity index (χ1v) is 9.12. The number of rotatable bonds is 7. The normalized spacial score (nSPS) is 11.2. The zero-order valence-electron chi connectivity index (χ0n) is 16.5. The molecule has 3 aromatic rings. The Morgan fingerprint density at radius 1 is 1.11 bits per heavy atom. The summed E-state index contributed by atoms with van der Waals surface area (Å²) in [5, 5.41) is 14.9. The predicted molar refractivity (Wildman–Crippen MR) is 122 cm³/mol. The molecular formula is C20H27IN6O. The van der Waals surface area contributed by atoms with Crippen LogP contribution in [0.5, 0.6) is 0 Å². The van der Waals surface area contributed by atoms with Crippen molar-refractivity contribution in [3.63, 3.8) is 0 Å². The molecule has 8 heteroatoms. The monoisotopic (exact) mass is 494 g/mol. The van der Waals surface area contributed by atoms with Gasteiger partial charge in [0.25, 0.3) is 0 Å². The average molecular weight is 494 g/mol. The molecule has 0 atom stereocenters. The Bertz CT molecular complexity index is 851. The molecule has 0 aliphatic heterocycles. The molecule has 0 unspecified atom stereocenters. The number of aromatic nitrogens is 3. The largest absolute Gasteiger partial charge is 0.361 e. The van der Waals surface area contributed by atoms with Crippen molar-refractivity contribution in [2.45, 2.75) is 26.7 Å². The molecule has 150 valence electrons. The molecule has 0 bridgehead atoms. The summed E-state index contributed by atoms with van der Waals surface area (Å²) in [6.07, 6.45) is 5.50. The summed E-state index contributed by atoms with van der Waals surface area (Å²) in [5.74, 6) is 1.69. The van der Waals surface area contributed by atoms with Gasteiger partial charge in [0.15, 0.2) is 5.96 Å². The lowest BCUT2D eigenvalue weighted by molar-refractivity contribution is 0.392. The number of aliphatic imine (C=N–C) groups is 1. The second-order valence-electron chi connectivity index (χ2n) is 6.35. The molecule has 2 N–H and O–H groups in total. The number of benzene rings is 1. The Morgan fingerprint density at radius 2 is 1.82 bits per heavy atom. The lowest BCUT2D eigenvalue weighted by Crippen LogP contribution is -2.39. The lowest BCUT2D eigenvalue weighted by atomic mass is 10.1. The first-order chi connectivity index (χ1) is 13.2. The van der Waals surface area contributed by atoms with Gasteiger partial charge in [-0.15, -0.1) is 24.0 Å². The molecule has 28 heavy (non-hydrogen) atoms. The van der Waals surface area contributed by atoms with Crippen LogP contribution in [0.15, 0.2) is 52.2 Å². The van der Waals surface area contributed by atoms with Crippen LogP contribution < -0.4 is 10.6 Å². The van der Waals surface area contributed by atoms with Gasteiger partial charge < -0.3 is 15.2 Å². The van der Waals surface area contributed by atoms with Crippen LogP contribution in [-0.4, -0.2) is 41.0 Å². The smallest absolute Gasteiger partial charge is 0.190 e. The summed E-state index contributed by atoms with van der Waals surface area (Å²) in [6, 6.07) is 10.3. The van der Waals surface area contributed by atoms with E-state index in [1.54, 1.807) is 13.2 Å². The third-order valence-corrected chi connectivity index (χ3v) is 4.48. The Balaban J connectivity index is 0.00000280. The topological polar surface area (TPSA) is 80.3 Å². The van der Waals surface area contributed by atoms with Gasteiger partial charge in [0, 0.05) is 38.1 Å². The maximum absolute atomic E-state index is 5.20. The summed E-state index contributed by atoms with van der Waals surface area (Å²) >= 11 is 0. The molecule has 1 aromatic carbocycles. The summed E-state index contributed by atoms with van der Waals surface area (Å²) in [6.45, 7) is 5.50. The van der Waals surface area contributed by atoms with Gasteiger partial charge in [0.1, 0.15) is 5.76 Å². The number of hydrogen-bond acceptors (Lipinski definition) is 4. The second-order valence-corrected chi connectivity index (χ2v) is 6.35. The Hall–Kier alpha value is -2.36. The van der Waals surface area contributed by atoms with Crippen molar-refractivity contribution in [2.24, 2.45) is 4.99 Å². The van der Waals surface area contributed by atoms with E-state index in [1.807, 2.05) is 30.8 Å². The van der Waals surface area contributed by atoms with Crippen molar-refractivity contribution in [1.29, 1.82) is 0 Å². The van der Waals surface area contributed by atoms with Crippen molar-refractivity contribution in [3.05, 3.63) is 65.3 Å². The van der Waals surface area contributed by atoms with Crippen molar-refractivity contribution in [1.82, 2.24) is 25.6 Å². The molecule has 2 heterocycles. The lowest BCUT2D eigenvalue weighted by Gasteiger charge is -2.12. The van der Waals surface area contributed by atoms with Gasteiger partial charge in [-0.2, -0.15) is 5.10 Å².